The Bertz CT molecular complexity index is 10100. The molecular formula is C138H92N6. The molecule has 29 aromatic rings. The van der Waals surface area contributed by atoms with Crippen LogP contribution in [0.3, 0.4) is 0 Å². The van der Waals surface area contributed by atoms with Gasteiger partial charge in [0, 0.05) is 98.8 Å². The highest BCUT2D eigenvalue weighted by atomic mass is 15.0. The molecule has 0 aliphatic rings. The lowest BCUT2D eigenvalue weighted by atomic mass is 9.74. The summed E-state index contributed by atoms with van der Waals surface area (Å²) in [6, 6.07) is 156. The molecule has 6 heteroatoms. The maximum atomic E-state index is 8.84. The Kier molecular flexibility index (Phi) is 17.1. The van der Waals surface area contributed by atoms with E-state index in [1.165, 1.54) is 163 Å². The number of para-hydroxylation sites is 12. The molecule has 0 saturated carbocycles. The zero-order valence-corrected chi connectivity index (χ0v) is 77.6. The molecule has 23 aromatic carbocycles. The zero-order chi connectivity index (χ0) is 109. The minimum Gasteiger partial charge on any atom is -0.309 e. The van der Waals surface area contributed by atoms with E-state index < -0.39 is 96.7 Å². The van der Waals surface area contributed by atoms with Crippen LogP contribution in [0.4, 0.5) is 0 Å². The number of fused-ring (bicyclic) bond motifs is 18. The van der Waals surface area contributed by atoms with Gasteiger partial charge in [-0.25, -0.2) is 0 Å². The molecule has 674 valence electrons. The summed E-state index contributed by atoms with van der Waals surface area (Å²) in [5, 5.41) is 9.89. The van der Waals surface area contributed by atoms with Gasteiger partial charge in [-0.1, -0.05) is 412 Å². The average Bonchev–Trinajstić information content (AvgIpc) is 1.28. The van der Waals surface area contributed by atoms with Crippen LogP contribution >= 0.6 is 0 Å². The van der Waals surface area contributed by atoms with E-state index >= 15 is 0 Å². The van der Waals surface area contributed by atoms with Crippen molar-refractivity contribution in [3.05, 3.63) is 558 Å². The molecule has 0 unspecified atom stereocenters. The molecule has 29 rings (SSSR count). The van der Waals surface area contributed by atoms with Crippen LogP contribution in [0.5, 0.6) is 0 Å². The van der Waals surface area contributed by atoms with Crippen LogP contribution in [-0.2, 0) is 0 Å². The molecule has 0 spiro atoms. The van der Waals surface area contributed by atoms with Crippen molar-refractivity contribution < 1.29 is 21.9 Å². The van der Waals surface area contributed by atoms with Gasteiger partial charge in [0.1, 0.15) is 0 Å². The summed E-state index contributed by atoms with van der Waals surface area (Å²) >= 11 is 0. The largest absolute Gasteiger partial charge is 0.309 e. The monoisotopic (exact) mass is 1850 g/mol. The number of hydrogen-bond donors (Lipinski definition) is 0. The SMILES string of the molecule is [2H]c1c([2H])c([2H])c2c(c1[2H])c1c([2H])c([2H])c([2H])c([2H])c1n2-c1cccc(-c2cccc(-n3c4c([2H])c([2H])c([2H])c([2H])c4c4c([2H])c([2H])c([2H])c([2H])c43)c2)c1.c1cc(-c2cccc(-n3c4ccccc4c4ccccc43)c2)cc(-n2c3ccccc3c3ccccc32)c1.c1ccc(-c2c(-c3ccccc3)c(-c3ccccc3)c(-c3ccc(-n4c5ccccc5c5ccccc54)cc3)c(-c3ccc(-n4c5ccccc5c5ccccc54)cc3)c2-c2ccccc2)cc1. The van der Waals surface area contributed by atoms with Gasteiger partial charge < -0.3 is 27.4 Å². The fourth-order valence-electron chi connectivity index (χ4n) is 21.9. The Labute approximate surface area is 856 Å². The Morgan fingerprint density at radius 3 is 0.479 bits per heavy atom. The molecule has 0 saturated heterocycles. The predicted molar refractivity (Wildman–Crippen MR) is 609 cm³/mol. The first-order chi connectivity index (χ1) is 78.2. The predicted octanol–water partition coefficient (Wildman–Crippen LogP) is 37.0. The first kappa shape index (κ1) is 68.8. The summed E-state index contributed by atoms with van der Waals surface area (Å²) < 4.78 is 149. The second-order valence-corrected chi connectivity index (χ2v) is 36.1. The van der Waals surface area contributed by atoms with Crippen molar-refractivity contribution in [1.82, 2.24) is 27.4 Å². The molecule has 0 radical (unpaired) electrons. The molecule has 0 amide bonds. The molecule has 6 aromatic heterocycles. The van der Waals surface area contributed by atoms with E-state index in [0.717, 1.165) is 33.6 Å². The average molecular weight is 1850 g/mol. The van der Waals surface area contributed by atoms with Crippen LogP contribution in [0.2, 0.25) is 0 Å². The molecule has 6 heterocycles. The smallest absolute Gasteiger partial charge is 0.0645 e. The van der Waals surface area contributed by atoms with Crippen LogP contribution < -0.4 is 0 Å². The lowest BCUT2D eigenvalue weighted by molar-refractivity contribution is 1.17. The van der Waals surface area contributed by atoms with Crippen LogP contribution in [0, 0.1) is 0 Å². The van der Waals surface area contributed by atoms with E-state index in [2.05, 4.69) is 431 Å². The molecule has 144 heavy (non-hydrogen) atoms. The van der Waals surface area contributed by atoms with Gasteiger partial charge >= 0.3 is 0 Å². The topological polar surface area (TPSA) is 29.6 Å². The Balaban J connectivity index is 0.000000120. The van der Waals surface area contributed by atoms with Gasteiger partial charge in [-0.15, -0.1) is 0 Å². The highest BCUT2D eigenvalue weighted by Gasteiger charge is 2.31. The maximum Gasteiger partial charge on any atom is 0.0645 e. The van der Waals surface area contributed by atoms with Gasteiger partial charge in [0.15, 0.2) is 0 Å². The summed E-state index contributed by atoms with van der Waals surface area (Å²) in [5.41, 5.74) is 32.3. The summed E-state index contributed by atoms with van der Waals surface area (Å²) in [4.78, 5) is 0. The number of nitrogens with zero attached hydrogens (tertiary/aromatic N) is 6. The van der Waals surface area contributed by atoms with E-state index in [1.54, 1.807) is 48.5 Å². The minimum atomic E-state index is -0.552. The normalized spacial score (nSPS) is 13.2. The highest BCUT2D eigenvalue weighted by molar-refractivity contribution is 6.18. The summed E-state index contributed by atoms with van der Waals surface area (Å²) in [7, 11) is 0. The van der Waals surface area contributed by atoms with Crippen molar-refractivity contribution >= 4 is 131 Å². The first-order valence-electron chi connectivity index (χ1n) is 56.2. The molecule has 0 atom stereocenters. The van der Waals surface area contributed by atoms with Crippen LogP contribution in [0.25, 0.3) is 254 Å². The fraction of sp³-hybridized carbons (Fsp3) is 0. The second kappa shape index (κ2) is 35.7. The van der Waals surface area contributed by atoms with E-state index in [-0.39, 0.29) is 43.6 Å². The maximum absolute atomic E-state index is 8.84. The van der Waals surface area contributed by atoms with Crippen molar-refractivity contribution in [3.63, 3.8) is 0 Å². The van der Waals surface area contributed by atoms with Gasteiger partial charge in [-0.2, -0.15) is 0 Å². The van der Waals surface area contributed by atoms with Gasteiger partial charge in [-0.3, -0.25) is 0 Å². The van der Waals surface area contributed by atoms with E-state index in [0.29, 0.717) is 22.5 Å². The molecule has 0 fully saturated rings. The van der Waals surface area contributed by atoms with Crippen molar-refractivity contribution in [2.75, 3.05) is 0 Å². The zero-order valence-electron chi connectivity index (χ0n) is 93.6. The lowest BCUT2D eigenvalue weighted by Crippen LogP contribution is -2.02. The van der Waals surface area contributed by atoms with Crippen molar-refractivity contribution in [2.24, 2.45) is 0 Å². The first-order valence-corrected chi connectivity index (χ1v) is 48.2. The third-order valence-corrected chi connectivity index (χ3v) is 28.0. The van der Waals surface area contributed by atoms with Crippen molar-refractivity contribution in [1.29, 1.82) is 0 Å². The van der Waals surface area contributed by atoms with Gasteiger partial charge in [-0.05, 0) is 235 Å². The van der Waals surface area contributed by atoms with Crippen LogP contribution in [-0.4, -0.2) is 27.4 Å². The second-order valence-electron chi connectivity index (χ2n) is 36.1. The van der Waals surface area contributed by atoms with E-state index in [4.69, 9.17) is 21.9 Å². The van der Waals surface area contributed by atoms with Crippen LogP contribution in [0.15, 0.2) is 558 Å². The summed E-state index contributed by atoms with van der Waals surface area (Å²) in [6.07, 6.45) is 0. The molecule has 0 aliphatic carbocycles. The minimum absolute atomic E-state index is 0.0394. The lowest BCUT2D eigenvalue weighted by Gasteiger charge is -2.29. The molecule has 0 N–H and O–H groups in total. The van der Waals surface area contributed by atoms with Crippen molar-refractivity contribution in [3.8, 4) is 123 Å². The van der Waals surface area contributed by atoms with Crippen molar-refractivity contribution in [2.45, 2.75) is 0 Å². The Hall–Kier alpha value is -19.1. The van der Waals surface area contributed by atoms with Gasteiger partial charge in [0.25, 0.3) is 0 Å². The third-order valence-electron chi connectivity index (χ3n) is 28.0. The number of rotatable bonds is 14. The molecule has 0 aliphatic heterocycles. The Morgan fingerprint density at radius 1 is 0.111 bits per heavy atom. The number of benzene rings is 23. The van der Waals surface area contributed by atoms with Crippen LogP contribution in [0.1, 0.15) is 21.9 Å². The van der Waals surface area contributed by atoms with Gasteiger partial charge in [0.05, 0.1) is 88.1 Å². The molecule has 6 nitrogen and oxygen atoms in total. The Morgan fingerprint density at radius 2 is 0.271 bits per heavy atom. The quantitative estimate of drug-likeness (QED) is 0.104. The molecular weight excluding hydrogens is 1740 g/mol. The van der Waals surface area contributed by atoms with E-state index in [1.807, 2.05) is 0 Å². The van der Waals surface area contributed by atoms with E-state index in [9.17, 15) is 0 Å². The molecule has 0 bridgehead atoms. The van der Waals surface area contributed by atoms with Gasteiger partial charge in [0.2, 0.25) is 0 Å². The summed E-state index contributed by atoms with van der Waals surface area (Å²) in [6.45, 7) is 0. The number of hydrogen-bond acceptors (Lipinski definition) is 0. The fourth-order valence-corrected chi connectivity index (χ4v) is 21.9. The summed E-state index contributed by atoms with van der Waals surface area (Å²) in [5.74, 6) is 0. The highest BCUT2D eigenvalue weighted by Crippen LogP contribution is 2.57. The third kappa shape index (κ3) is 14.3. The number of aromatic nitrogens is 6. The standard InChI is InChI=1S/C66H44N2.2C36H24N2/c1-5-21-45(22-6-1)61-62(46-23-7-2-8-24-46)64(48-27-11-4-12-28-48)66(50-39-43-52(44-40-50)68-59-35-19-15-31-55(59)56-32-16-20-36-60(56)68)65(63(61)47-25-9-3-10-26-47)49-37-41-51(42-38-49)67-57-33-17-13-29-53(57)54-30-14-18-34-58(54)67;2*1-5-19-33-29(15-1)30-16-2-6-20-34(30)37(33)27-13-9-11-25(23-27)26-12-10-14-28(24-26)38-35-21-7-3-17-31(35)32-18-4-8-22-36(32)38/h1-44H;2*1-24H/i;1D,2D,3D,4D,5D,6D,7D,8D,15D,16D,17D,18D,19D,20D,21D,22D;.